The molecule has 1 saturated heterocycles. The maximum Gasteiger partial charge on any atom is 0.261 e. The second-order valence-corrected chi connectivity index (χ2v) is 6.54. The minimum atomic E-state index is -0.213. The van der Waals surface area contributed by atoms with Gasteiger partial charge in [0.05, 0.1) is 17.2 Å². The quantitative estimate of drug-likeness (QED) is 0.725. The standard InChI is InChI=1S/C19H20N6O2/c26-17(12-24-13-23-16-7-2-1-6-15(16)18(24)27)22-11-14-5-3-10-25(14)19-20-8-4-9-21-19/h1-2,4,6-9,13-14H,3,5,10-12H2,(H,22,26). The van der Waals surface area contributed by atoms with Gasteiger partial charge in [-0.1, -0.05) is 12.1 Å². The van der Waals surface area contributed by atoms with Crippen LogP contribution in [0.25, 0.3) is 10.9 Å². The van der Waals surface area contributed by atoms with E-state index >= 15 is 0 Å². The molecule has 1 unspecified atom stereocenters. The SMILES string of the molecule is O=C(Cn1cnc2ccccc2c1=O)NCC1CCCN1c1ncccn1. The average Bonchev–Trinajstić information content (AvgIpc) is 3.18. The molecule has 3 aromatic rings. The van der Waals surface area contributed by atoms with E-state index in [0.717, 1.165) is 19.4 Å². The number of carbonyl (C=O) groups is 1. The van der Waals surface area contributed by atoms with Crippen LogP contribution in [0.4, 0.5) is 5.95 Å². The number of carbonyl (C=O) groups excluding carboxylic acids is 1. The lowest BCUT2D eigenvalue weighted by atomic mass is 10.2. The monoisotopic (exact) mass is 364 g/mol. The van der Waals surface area contributed by atoms with Gasteiger partial charge in [-0.25, -0.2) is 15.0 Å². The van der Waals surface area contributed by atoms with E-state index in [0.29, 0.717) is 23.4 Å². The molecule has 1 atom stereocenters. The van der Waals surface area contributed by atoms with Crippen LogP contribution in [-0.4, -0.2) is 44.6 Å². The molecule has 0 aliphatic carbocycles. The van der Waals surface area contributed by atoms with E-state index in [1.807, 2.05) is 6.07 Å². The molecule has 8 heteroatoms. The third-order valence-electron chi connectivity index (χ3n) is 4.77. The first-order valence-electron chi connectivity index (χ1n) is 8.97. The first-order valence-corrected chi connectivity index (χ1v) is 8.97. The van der Waals surface area contributed by atoms with Crippen molar-refractivity contribution in [2.45, 2.75) is 25.4 Å². The Morgan fingerprint density at radius 1 is 1.15 bits per heavy atom. The minimum absolute atomic E-state index is 0.0504. The van der Waals surface area contributed by atoms with Crippen LogP contribution in [0.1, 0.15) is 12.8 Å². The van der Waals surface area contributed by atoms with Crippen molar-refractivity contribution in [3.8, 4) is 0 Å². The zero-order chi connectivity index (χ0) is 18.6. The molecule has 138 valence electrons. The van der Waals surface area contributed by atoms with Crippen molar-refractivity contribution in [1.82, 2.24) is 24.8 Å². The van der Waals surface area contributed by atoms with E-state index in [-0.39, 0.29) is 24.1 Å². The number of para-hydroxylation sites is 1. The zero-order valence-electron chi connectivity index (χ0n) is 14.8. The molecule has 1 amide bonds. The number of aromatic nitrogens is 4. The van der Waals surface area contributed by atoms with Crippen molar-refractivity contribution < 1.29 is 4.79 Å². The van der Waals surface area contributed by atoms with E-state index < -0.39 is 0 Å². The molecule has 0 radical (unpaired) electrons. The normalized spacial score (nSPS) is 16.6. The molecule has 1 aromatic carbocycles. The smallest absolute Gasteiger partial charge is 0.261 e. The van der Waals surface area contributed by atoms with Gasteiger partial charge in [-0.05, 0) is 31.0 Å². The number of amides is 1. The Hall–Kier alpha value is -3.29. The molecule has 8 nitrogen and oxygen atoms in total. The molecular formula is C19H20N6O2. The van der Waals surface area contributed by atoms with Crippen molar-refractivity contribution in [2.75, 3.05) is 18.0 Å². The summed E-state index contributed by atoms with van der Waals surface area (Å²) in [5.41, 5.74) is 0.416. The van der Waals surface area contributed by atoms with Crippen LogP contribution < -0.4 is 15.8 Å². The number of fused-ring (bicyclic) bond motifs is 1. The first kappa shape index (κ1) is 17.1. The first-order chi connectivity index (χ1) is 13.2. The maximum absolute atomic E-state index is 12.5. The Balaban J connectivity index is 1.40. The highest BCUT2D eigenvalue weighted by Crippen LogP contribution is 2.21. The molecule has 3 heterocycles. The lowest BCUT2D eigenvalue weighted by molar-refractivity contribution is -0.121. The highest BCUT2D eigenvalue weighted by atomic mass is 16.2. The van der Waals surface area contributed by atoms with Gasteiger partial charge in [0.2, 0.25) is 11.9 Å². The highest BCUT2D eigenvalue weighted by Gasteiger charge is 2.26. The van der Waals surface area contributed by atoms with Gasteiger partial charge in [0.1, 0.15) is 6.54 Å². The highest BCUT2D eigenvalue weighted by molar-refractivity contribution is 5.78. The van der Waals surface area contributed by atoms with Crippen LogP contribution >= 0.6 is 0 Å². The molecule has 0 bridgehead atoms. The van der Waals surface area contributed by atoms with Gasteiger partial charge in [0.15, 0.2) is 0 Å². The summed E-state index contributed by atoms with van der Waals surface area (Å²) in [5.74, 6) is 0.471. The summed E-state index contributed by atoms with van der Waals surface area (Å²) >= 11 is 0. The molecular weight excluding hydrogens is 344 g/mol. The number of hydrogen-bond acceptors (Lipinski definition) is 6. The van der Waals surface area contributed by atoms with Crippen LogP contribution in [0.5, 0.6) is 0 Å². The summed E-state index contributed by atoms with van der Waals surface area (Å²) < 4.78 is 1.34. The Kier molecular flexibility index (Phi) is 4.78. The fraction of sp³-hybridized carbons (Fsp3) is 0.316. The van der Waals surface area contributed by atoms with Crippen LogP contribution in [0, 0.1) is 0 Å². The van der Waals surface area contributed by atoms with Gasteiger partial charge in [0.25, 0.3) is 5.56 Å². The van der Waals surface area contributed by atoms with Gasteiger partial charge in [0, 0.05) is 31.5 Å². The third-order valence-corrected chi connectivity index (χ3v) is 4.77. The number of anilines is 1. The van der Waals surface area contributed by atoms with Crippen molar-refractivity contribution in [1.29, 1.82) is 0 Å². The second kappa shape index (κ2) is 7.53. The molecule has 1 N–H and O–H groups in total. The van der Waals surface area contributed by atoms with Gasteiger partial charge < -0.3 is 10.2 Å². The average molecular weight is 364 g/mol. The molecule has 27 heavy (non-hydrogen) atoms. The van der Waals surface area contributed by atoms with Crippen LogP contribution in [0.2, 0.25) is 0 Å². The molecule has 0 spiro atoms. The summed E-state index contributed by atoms with van der Waals surface area (Å²) in [6.45, 7) is 1.32. The zero-order valence-corrected chi connectivity index (χ0v) is 14.8. The summed E-state index contributed by atoms with van der Waals surface area (Å²) in [5, 5.41) is 3.43. The summed E-state index contributed by atoms with van der Waals surface area (Å²) in [7, 11) is 0. The summed E-state index contributed by atoms with van der Waals surface area (Å²) in [6.07, 6.45) is 6.86. The van der Waals surface area contributed by atoms with Crippen LogP contribution in [-0.2, 0) is 11.3 Å². The van der Waals surface area contributed by atoms with E-state index in [4.69, 9.17) is 0 Å². The van der Waals surface area contributed by atoms with Crippen molar-refractivity contribution in [2.24, 2.45) is 0 Å². The van der Waals surface area contributed by atoms with Gasteiger partial charge in [-0.2, -0.15) is 0 Å². The largest absolute Gasteiger partial charge is 0.352 e. The van der Waals surface area contributed by atoms with Gasteiger partial charge in [-0.15, -0.1) is 0 Å². The van der Waals surface area contributed by atoms with Crippen molar-refractivity contribution in [3.05, 3.63) is 59.4 Å². The Labute approximate surface area is 155 Å². The summed E-state index contributed by atoms with van der Waals surface area (Å²) in [4.78, 5) is 39.8. The van der Waals surface area contributed by atoms with Crippen molar-refractivity contribution >= 4 is 22.8 Å². The number of nitrogens with zero attached hydrogens (tertiary/aromatic N) is 5. The van der Waals surface area contributed by atoms with Crippen molar-refractivity contribution in [3.63, 3.8) is 0 Å². The molecule has 0 saturated carbocycles. The lowest BCUT2D eigenvalue weighted by Crippen LogP contribution is -2.42. The Morgan fingerprint density at radius 2 is 1.96 bits per heavy atom. The predicted octanol–water partition coefficient (Wildman–Crippen LogP) is 0.972. The van der Waals surface area contributed by atoms with E-state index in [9.17, 15) is 9.59 Å². The number of hydrogen-bond donors (Lipinski definition) is 1. The van der Waals surface area contributed by atoms with Crippen LogP contribution in [0.3, 0.4) is 0 Å². The fourth-order valence-electron chi connectivity index (χ4n) is 3.41. The van der Waals surface area contributed by atoms with E-state index in [1.54, 1.807) is 36.7 Å². The number of rotatable bonds is 5. The Morgan fingerprint density at radius 3 is 2.81 bits per heavy atom. The predicted molar refractivity (Wildman–Crippen MR) is 101 cm³/mol. The molecule has 1 aliphatic rings. The number of nitrogens with one attached hydrogen (secondary N) is 1. The number of benzene rings is 1. The van der Waals surface area contributed by atoms with Gasteiger partial charge >= 0.3 is 0 Å². The third kappa shape index (κ3) is 3.64. The minimum Gasteiger partial charge on any atom is -0.352 e. The fourth-order valence-corrected chi connectivity index (χ4v) is 3.41. The molecule has 2 aromatic heterocycles. The lowest BCUT2D eigenvalue weighted by Gasteiger charge is -2.24. The van der Waals surface area contributed by atoms with Crippen LogP contribution in [0.15, 0.2) is 53.8 Å². The Bertz CT molecular complexity index is 1000. The molecule has 1 fully saturated rings. The molecule has 1 aliphatic heterocycles. The second-order valence-electron chi connectivity index (χ2n) is 6.54. The van der Waals surface area contributed by atoms with E-state index in [2.05, 4.69) is 25.2 Å². The van der Waals surface area contributed by atoms with Gasteiger partial charge in [-0.3, -0.25) is 14.2 Å². The summed E-state index contributed by atoms with van der Waals surface area (Å²) in [6, 6.07) is 9.05. The maximum atomic E-state index is 12.5. The molecule has 4 rings (SSSR count). The van der Waals surface area contributed by atoms with E-state index in [1.165, 1.54) is 10.9 Å². The topological polar surface area (TPSA) is 93.0 Å².